The Kier molecular flexibility index (Phi) is 3.87. The molecule has 1 atom stereocenters. The molecule has 0 radical (unpaired) electrons. The van der Waals surface area contributed by atoms with E-state index in [0.29, 0.717) is 6.04 Å². The SMILES string of the molecule is Cn1c(CN2CCCC[C@@H]2Cn2cccn2)nc2ccccc21. The average Bonchev–Trinajstić information content (AvgIpc) is 3.19. The van der Waals surface area contributed by atoms with E-state index < -0.39 is 0 Å². The first-order valence-electron chi connectivity index (χ1n) is 8.43. The second kappa shape index (κ2) is 6.16. The zero-order valence-electron chi connectivity index (χ0n) is 13.6. The van der Waals surface area contributed by atoms with Crippen molar-refractivity contribution < 1.29 is 0 Å². The van der Waals surface area contributed by atoms with Gasteiger partial charge in [0.2, 0.25) is 0 Å². The summed E-state index contributed by atoms with van der Waals surface area (Å²) in [6, 6.07) is 10.9. The summed E-state index contributed by atoms with van der Waals surface area (Å²) in [5.41, 5.74) is 2.30. The van der Waals surface area contributed by atoms with E-state index in [1.807, 2.05) is 12.3 Å². The zero-order chi connectivity index (χ0) is 15.6. The number of fused-ring (bicyclic) bond motifs is 1. The summed E-state index contributed by atoms with van der Waals surface area (Å²) in [7, 11) is 2.12. The Bertz CT molecular complexity index is 774. The summed E-state index contributed by atoms with van der Waals surface area (Å²) in [6.07, 6.45) is 7.74. The Morgan fingerprint density at radius 2 is 2.09 bits per heavy atom. The van der Waals surface area contributed by atoms with Crippen molar-refractivity contribution >= 4 is 11.0 Å². The molecule has 120 valence electrons. The van der Waals surface area contributed by atoms with Crippen LogP contribution in [0.25, 0.3) is 11.0 Å². The summed E-state index contributed by atoms with van der Waals surface area (Å²) >= 11 is 0. The van der Waals surface area contributed by atoms with Crippen molar-refractivity contribution in [2.24, 2.45) is 7.05 Å². The van der Waals surface area contributed by atoms with Gasteiger partial charge >= 0.3 is 0 Å². The third-order valence-corrected chi connectivity index (χ3v) is 4.93. The van der Waals surface area contributed by atoms with Gasteiger partial charge < -0.3 is 4.57 Å². The number of rotatable bonds is 4. The first-order valence-corrected chi connectivity index (χ1v) is 8.43. The number of aromatic nitrogens is 4. The molecule has 0 saturated carbocycles. The third kappa shape index (κ3) is 2.88. The lowest BCUT2D eigenvalue weighted by atomic mass is 10.0. The topological polar surface area (TPSA) is 38.9 Å². The van der Waals surface area contributed by atoms with Crippen LogP contribution in [-0.4, -0.2) is 36.8 Å². The molecule has 1 fully saturated rings. The molecule has 0 amide bonds. The number of imidazole rings is 1. The molecular formula is C18H23N5. The number of hydrogen-bond donors (Lipinski definition) is 0. The zero-order valence-corrected chi connectivity index (χ0v) is 13.6. The standard InChI is InChI=1S/C18H23N5/c1-21-17-9-3-2-8-16(17)20-18(21)14-22-11-5-4-7-15(22)13-23-12-6-10-19-23/h2-3,6,8-10,12,15H,4-5,7,11,13-14H2,1H3/t15-/m1/s1. The highest BCUT2D eigenvalue weighted by Gasteiger charge is 2.24. The van der Waals surface area contributed by atoms with Crippen LogP contribution in [0.2, 0.25) is 0 Å². The van der Waals surface area contributed by atoms with Crippen LogP contribution >= 0.6 is 0 Å². The molecule has 0 N–H and O–H groups in total. The minimum Gasteiger partial charge on any atom is -0.330 e. The Balaban J connectivity index is 1.56. The van der Waals surface area contributed by atoms with Gasteiger partial charge in [-0.3, -0.25) is 9.58 Å². The predicted molar refractivity (Wildman–Crippen MR) is 91.0 cm³/mol. The van der Waals surface area contributed by atoms with Crippen molar-refractivity contribution in [3.8, 4) is 0 Å². The van der Waals surface area contributed by atoms with E-state index in [9.17, 15) is 0 Å². The first kappa shape index (κ1) is 14.5. The molecule has 3 heterocycles. The largest absolute Gasteiger partial charge is 0.330 e. The number of nitrogens with zero attached hydrogens (tertiary/aromatic N) is 5. The molecule has 5 nitrogen and oxygen atoms in total. The van der Waals surface area contributed by atoms with Crippen LogP contribution in [0.3, 0.4) is 0 Å². The Labute approximate surface area is 136 Å². The molecule has 2 aromatic heterocycles. The van der Waals surface area contributed by atoms with E-state index in [1.54, 1.807) is 0 Å². The normalized spacial score (nSPS) is 19.4. The van der Waals surface area contributed by atoms with Gasteiger partial charge in [-0.15, -0.1) is 0 Å². The smallest absolute Gasteiger partial charge is 0.123 e. The van der Waals surface area contributed by atoms with E-state index in [0.717, 1.165) is 31.0 Å². The number of benzene rings is 1. The molecule has 0 unspecified atom stereocenters. The fraction of sp³-hybridized carbons (Fsp3) is 0.444. The van der Waals surface area contributed by atoms with Crippen molar-refractivity contribution in [1.82, 2.24) is 24.2 Å². The number of hydrogen-bond acceptors (Lipinski definition) is 3. The summed E-state index contributed by atoms with van der Waals surface area (Å²) in [5.74, 6) is 1.15. The molecule has 23 heavy (non-hydrogen) atoms. The number of aryl methyl sites for hydroxylation is 1. The summed E-state index contributed by atoms with van der Waals surface area (Å²) in [5, 5.41) is 4.37. The van der Waals surface area contributed by atoms with Crippen LogP contribution in [0.4, 0.5) is 0 Å². The monoisotopic (exact) mass is 309 g/mol. The molecule has 3 aromatic rings. The Morgan fingerprint density at radius 1 is 1.17 bits per heavy atom. The molecule has 0 bridgehead atoms. The van der Waals surface area contributed by atoms with Gasteiger partial charge in [-0.05, 0) is 37.6 Å². The molecule has 0 spiro atoms. The maximum atomic E-state index is 4.84. The van der Waals surface area contributed by atoms with Crippen LogP contribution in [0.15, 0.2) is 42.7 Å². The maximum Gasteiger partial charge on any atom is 0.123 e. The highest BCUT2D eigenvalue weighted by Crippen LogP contribution is 2.22. The fourth-order valence-electron chi connectivity index (χ4n) is 3.62. The second-order valence-electron chi connectivity index (χ2n) is 6.42. The average molecular weight is 309 g/mol. The van der Waals surface area contributed by atoms with Crippen molar-refractivity contribution in [3.63, 3.8) is 0 Å². The third-order valence-electron chi connectivity index (χ3n) is 4.93. The van der Waals surface area contributed by atoms with Crippen LogP contribution in [0.5, 0.6) is 0 Å². The molecule has 0 aliphatic carbocycles. The number of likely N-dealkylation sites (tertiary alicyclic amines) is 1. The van der Waals surface area contributed by atoms with Gasteiger partial charge in [-0.25, -0.2) is 4.98 Å². The maximum absolute atomic E-state index is 4.84. The lowest BCUT2D eigenvalue weighted by molar-refractivity contribution is 0.118. The van der Waals surface area contributed by atoms with Crippen molar-refractivity contribution in [2.75, 3.05) is 6.54 Å². The van der Waals surface area contributed by atoms with Gasteiger partial charge in [0.15, 0.2) is 0 Å². The van der Waals surface area contributed by atoms with Crippen LogP contribution in [0, 0.1) is 0 Å². The summed E-state index contributed by atoms with van der Waals surface area (Å²) in [4.78, 5) is 7.41. The Hall–Kier alpha value is -2.14. The molecule has 1 aliphatic heterocycles. The summed E-state index contributed by atoms with van der Waals surface area (Å²) in [6.45, 7) is 3.03. The molecule has 5 heteroatoms. The van der Waals surface area contributed by atoms with Gasteiger partial charge in [-0.2, -0.15) is 5.10 Å². The van der Waals surface area contributed by atoms with E-state index in [1.165, 1.54) is 24.8 Å². The Morgan fingerprint density at radius 3 is 2.91 bits per heavy atom. The molecule has 1 aromatic carbocycles. The van der Waals surface area contributed by atoms with E-state index in [-0.39, 0.29) is 0 Å². The minimum atomic E-state index is 0.545. The van der Waals surface area contributed by atoms with E-state index >= 15 is 0 Å². The highest BCUT2D eigenvalue weighted by atomic mass is 15.3. The van der Waals surface area contributed by atoms with Gasteiger partial charge in [0, 0.05) is 25.5 Å². The lowest BCUT2D eigenvalue weighted by Crippen LogP contribution is -2.42. The van der Waals surface area contributed by atoms with Crippen molar-refractivity contribution in [2.45, 2.75) is 38.4 Å². The van der Waals surface area contributed by atoms with Gasteiger partial charge in [-0.1, -0.05) is 18.6 Å². The van der Waals surface area contributed by atoms with Crippen molar-refractivity contribution in [3.05, 3.63) is 48.5 Å². The first-order chi connectivity index (χ1) is 11.3. The van der Waals surface area contributed by atoms with Crippen LogP contribution in [0.1, 0.15) is 25.1 Å². The van der Waals surface area contributed by atoms with Crippen LogP contribution < -0.4 is 0 Å². The molecule has 1 saturated heterocycles. The van der Waals surface area contributed by atoms with Gasteiger partial charge in [0.1, 0.15) is 5.82 Å². The number of piperidine rings is 1. The quantitative estimate of drug-likeness (QED) is 0.744. The molecule has 4 rings (SSSR count). The van der Waals surface area contributed by atoms with Crippen LogP contribution in [-0.2, 0) is 20.1 Å². The van der Waals surface area contributed by atoms with Gasteiger partial charge in [0.05, 0.1) is 24.1 Å². The summed E-state index contributed by atoms with van der Waals surface area (Å²) < 4.78 is 4.28. The van der Waals surface area contributed by atoms with E-state index in [2.05, 4.69) is 56.8 Å². The highest BCUT2D eigenvalue weighted by molar-refractivity contribution is 5.75. The molecule has 1 aliphatic rings. The second-order valence-corrected chi connectivity index (χ2v) is 6.42. The predicted octanol–water partition coefficient (Wildman–Crippen LogP) is 2.82. The minimum absolute atomic E-state index is 0.545. The van der Waals surface area contributed by atoms with Gasteiger partial charge in [0.25, 0.3) is 0 Å². The molecular weight excluding hydrogens is 286 g/mol. The fourth-order valence-corrected chi connectivity index (χ4v) is 3.62. The van der Waals surface area contributed by atoms with Crippen molar-refractivity contribution in [1.29, 1.82) is 0 Å². The number of para-hydroxylation sites is 2. The lowest BCUT2D eigenvalue weighted by Gasteiger charge is -2.35. The van der Waals surface area contributed by atoms with E-state index in [4.69, 9.17) is 4.98 Å².